The molecule has 156 valence electrons. The Kier molecular flexibility index (Phi) is 6.90. The van der Waals surface area contributed by atoms with Gasteiger partial charge in [-0.1, -0.05) is 35.9 Å². The zero-order valence-electron chi connectivity index (χ0n) is 16.6. The molecule has 30 heavy (non-hydrogen) atoms. The van der Waals surface area contributed by atoms with Gasteiger partial charge in [0.1, 0.15) is 5.82 Å². The number of methoxy groups -OCH3 is 2. The van der Waals surface area contributed by atoms with E-state index in [9.17, 15) is 14.0 Å². The van der Waals surface area contributed by atoms with Gasteiger partial charge in [0, 0.05) is 24.0 Å². The van der Waals surface area contributed by atoms with Crippen LogP contribution in [0.15, 0.2) is 72.1 Å². The lowest BCUT2D eigenvalue weighted by molar-refractivity contribution is -0.137. The zero-order chi connectivity index (χ0) is 21.7. The van der Waals surface area contributed by atoms with Crippen LogP contribution < -0.4 is 0 Å². The topological polar surface area (TPSA) is 55.8 Å². The lowest BCUT2D eigenvalue weighted by Crippen LogP contribution is -2.29. The molecule has 0 saturated carbocycles. The molecule has 3 rings (SSSR count). The molecule has 0 atom stereocenters. The van der Waals surface area contributed by atoms with Crippen LogP contribution in [-0.2, 0) is 25.5 Å². The van der Waals surface area contributed by atoms with Crippen LogP contribution in [0.2, 0.25) is 5.02 Å². The van der Waals surface area contributed by atoms with Crippen molar-refractivity contribution >= 4 is 23.5 Å². The molecule has 0 aromatic heterocycles. The Bertz CT molecular complexity index is 967. The van der Waals surface area contributed by atoms with Crippen LogP contribution >= 0.6 is 11.6 Å². The molecule has 2 aromatic rings. The van der Waals surface area contributed by atoms with Crippen LogP contribution in [-0.4, -0.2) is 37.6 Å². The third kappa shape index (κ3) is 4.89. The van der Waals surface area contributed by atoms with Crippen LogP contribution in [0, 0.1) is 5.82 Å². The number of halogens is 2. The van der Waals surface area contributed by atoms with E-state index in [2.05, 4.69) is 0 Å². The minimum Gasteiger partial charge on any atom is -0.466 e. The molecule has 2 aromatic carbocycles. The summed E-state index contributed by atoms with van der Waals surface area (Å²) < 4.78 is 23.7. The molecule has 0 unspecified atom stereocenters. The Labute approximate surface area is 179 Å². The zero-order valence-corrected chi connectivity index (χ0v) is 17.4. The highest BCUT2D eigenvalue weighted by Crippen LogP contribution is 2.37. The van der Waals surface area contributed by atoms with Crippen molar-refractivity contribution in [1.82, 2.24) is 4.90 Å². The second-order valence-corrected chi connectivity index (χ2v) is 7.19. The van der Waals surface area contributed by atoms with Crippen molar-refractivity contribution in [2.45, 2.75) is 12.3 Å². The molecule has 0 N–H and O–H groups in total. The van der Waals surface area contributed by atoms with Crippen molar-refractivity contribution in [3.63, 3.8) is 0 Å². The molecule has 0 saturated heterocycles. The maximum absolute atomic E-state index is 13.9. The lowest BCUT2D eigenvalue weighted by atomic mass is 9.83. The first-order chi connectivity index (χ1) is 14.4. The van der Waals surface area contributed by atoms with Gasteiger partial charge in [0.25, 0.3) is 0 Å². The van der Waals surface area contributed by atoms with E-state index in [1.54, 1.807) is 35.5 Å². The minimum atomic E-state index is -0.799. The van der Waals surface area contributed by atoms with Crippen LogP contribution in [0.4, 0.5) is 4.39 Å². The van der Waals surface area contributed by atoms with Crippen molar-refractivity contribution in [3.8, 4) is 0 Å². The number of hydrogen-bond donors (Lipinski definition) is 0. The summed E-state index contributed by atoms with van der Waals surface area (Å²) in [6.07, 6.45) is 3.91. The second kappa shape index (κ2) is 9.59. The quantitative estimate of drug-likeness (QED) is 0.643. The Morgan fingerprint density at radius 1 is 1.00 bits per heavy atom. The smallest absolute Gasteiger partial charge is 0.336 e. The number of rotatable bonds is 6. The van der Waals surface area contributed by atoms with Crippen molar-refractivity contribution in [3.05, 3.63) is 94.0 Å². The number of hydrogen-bond acceptors (Lipinski definition) is 5. The number of esters is 2. The summed E-state index contributed by atoms with van der Waals surface area (Å²) in [6, 6.07) is 13.2. The normalized spacial score (nSPS) is 14.1. The molecule has 0 aliphatic carbocycles. The standard InChI is InChI=1S/C23H21ClFNO4/c1-29-22(27)19-13-26(11-10-15-6-8-17(24)9-7-15)14-20(23(28)30-2)21(19)16-4-3-5-18(25)12-16/h3-9,12-14,21H,10-11H2,1-2H3. The monoisotopic (exact) mass is 429 g/mol. The van der Waals surface area contributed by atoms with E-state index in [1.165, 1.54) is 32.4 Å². The molecule has 1 aliphatic heterocycles. The Morgan fingerprint density at radius 3 is 2.13 bits per heavy atom. The number of carbonyl (C=O) groups excluding carboxylic acids is 2. The molecule has 5 nitrogen and oxygen atoms in total. The predicted octanol–water partition coefficient (Wildman–Crippen LogP) is 4.23. The first-order valence-corrected chi connectivity index (χ1v) is 9.66. The average molecular weight is 430 g/mol. The summed E-state index contributed by atoms with van der Waals surface area (Å²) in [5, 5.41) is 0.649. The summed E-state index contributed by atoms with van der Waals surface area (Å²) in [5.74, 6) is -2.47. The minimum absolute atomic E-state index is 0.224. The van der Waals surface area contributed by atoms with E-state index in [4.69, 9.17) is 21.1 Å². The Balaban J connectivity index is 1.97. The molecule has 1 aliphatic rings. The fourth-order valence-corrected chi connectivity index (χ4v) is 3.50. The van der Waals surface area contributed by atoms with Crippen LogP contribution in [0.5, 0.6) is 0 Å². The molecule has 0 radical (unpaired) electrons. The van der Waals surface area contributed by atoms with Gasteiger partial charge in [0.15, 0.2) is 0 Å². The molecule has 0 spiro atoms. The van der Waals surface area contributed by atoms with Crippen molar-refractivity contribution < 1.29 is 23.5 Å². The van der Waals surface area contributed by atoms with Gasteiger partial charge in [0.05, 0.1) is 31.3 Å². The van der Waals surface area contributed by atoms with E-state index in [0.717, 1.165) is 5.56 Å². The van der Waals surface area contributed by atoms with Crippen molar-refractivity contribution in [2.24, 2.45) is 0 Å². The van der Waals surface area contributed by atoms with E-state index < -0.39 is 23.7 Å². The number of carbonyl (C=O) groups is 2. The number of benzene rings is 2. The van der Waals surface area contributed by atoms with Gasteiger partial charge in [0.2, 0.25) is 0 Å². The molecule has 1 heterocycles. The number of nitrogens with zero attached hydrogens (tertiary/aromatic N) is 1. The van der Waals surface area contributed by atoms with Gasteiger partial charge in [-0.25, -0.2) is 14.0 Å². The molecular formula is C23H21ClFNO4. The first-order valence-electron chi connectivity index (χ1n) is 9.28. The largest absolute Gasteiger partial charge is 0.466 e. The van der Waals surface area contributed by atoms with Crippen LogP contribution in [0.1, 0.15) is 17.0 Å². The van der Waals surface area contributed by atoms with Gasteiger partial charge in [-0.05, 0) is 41.8 Å². The number of ether oxygens (including phenoxy) is 2. The highest BCUT2D eigenvalue weighted by Gasteiger charge is 2.35. The van der Waals surface area contributed by atoms with E-state index in [1.807, 2.05) is 12.1 Å². The van der Waals surface area contributed by atoms with Crippen molar-refractivity contribution in [2.75, 3.05) is 20.8 Å². The third-order valence-electron chi connectivity index (χ3n) is 4.83. The first kappa shape index (κ1) is 21.6. The van der Waals surface area contributed by atoms with E-state index in [0.29, 0.717) is 23.6 Å². The van der Waals surface area contributed by atoms with Gasteiger partial charge in [-0.2, -0.15) is 0 Å². The van der Waals surface area contributed by atoms with E-state index in [-0.39, 0.29) is 11.1 Å². The third-order valence-corrected chi connectivity index (χ3v) is 5.08. The van der Waals surface area contributed by atoms with Gasteiger partial charge < -0.3 is 14.4 Å². The Hall–Kier alpha value is -3.12. The van der Waals surface area contributed by atoms with Crippen LogP contribution in [0.25, 0.3) is 0 Å². The highest BCUT2D eigenvalue weighted by molar-refractivity contribution is 6.30. The summed E-state index contributed by atoms with van der Waals surface area (Å²) >= 11 is 5.93. The van der Waals surface area contributed by atoms with Crippen LogP contribution in [0.3, 0.4) is 0 Å². The molecule has 7 heteroatoms. The highest BCUT2D eigenvalue weighted by atomic mass is 35.5. The summed E-state index contributed by atoms with van der Waals surface area (Å²) in [7, 11) is 2.53. The Morgan fingerprint density at radius 2 is 1.60 bits per heavy atom. The van der Waals surface area contributed by atoms with E-state index >= 15 is 0 Å². The fourth-order valence-electron chi connectivity index (χ4n) is 3.37. The molecular weight excluding hydrogens is 409 g/mol. The van der Waals surface area contributed by atoms with Crippen molar-refractivity contribution in [1.29, 1.82) is 0 Å². The van der Waals surface area contributed by atoms with Gasteiger partial charge >= 0.3 is 11.9 Å². The van der Waals surface area contributed by atoms with Gasteiger partial charge in [-0.3, -0.25) is 0 Å². The second-order valence-electron chi connectivity index (χ2n) is 6.75. The summed E-state index contributed by atoms with van der Waals surface area (Å²) in [5.41, 5.74) is 1.96. The maximum Gasteiger partial charge on any atom is 0.336 e. The lowest BCUT2D eigenvalue weighted by Gasteiger charge is -2.30. The SMILES string of the molecule is COC(=O)C1=CN(CCc2ccc(Cl)cc2)C=C(C(=O)OC)C1c1cccc(F)c1. The molecule has 0 amide bonds. The average Bonchev–Trinajstić information content (AvgIpc) is 2.76. The summed E-state index contributed by atoms with van der Waals surface area (Å²) in [6.45, 7) is 0.499. The molecule has 0 bridgehead atoms. The summed E-state index contributed by atoms with van der Waals surface area (Å²) in [4.78, 5) is 26.8. The maximum atomic E-state index is 13.9. The molecule has 0 fully saturated rings. The fraction of sp³-hybridized carbons (Fsp3) is 0.217. The van der Waals surface area contributed by atoms with Gasteiger partial charge in [-0.15, -0.1) is 0 Å². The predicted molar refractivity (Wildman–Crippen MR) is 111 cm³/mol.